The van der Waals surface area contributed by atoms with Crippen LogP contribution in [0.15, 0.2) is 23.1 Å². The Hall–Kier alpha value is -1.23. The molecule has 1 unspecified atom stereocenters. The number of amides is 1. The molecule has 0 aliphatic carbocycles. The van der Waals surface area contributed by atoms with Gasteiger partial charge in [-0.1, -0.05) is 6.92 Å². The Bertz CT molecular complexity index is 370. The predicted octanol–water partition coefficient (Wildman–Crippen LogP) is 1.76. The topological polar surface area (TPSA) is 69.1 Å². The SMILES string of the molecule is CCC(Sc1cc(F)ccc1N)C(N)=O. The van der Waals surface area contributed by atoms with Gasteiger partial charge in [-0.3, -0.25) is 4.79 Å². The molecule has 82 valence electrons. The van der Waals surface area contributed by atoms with Crippen molar-refractivity contribution in [3.63, 3.8) is 0 Å². The maximum Gasteiger partial charge on any atom is 0.230 e. The minimum atomic E-state index is -0.411. The molecule has 1 atom stereocenters. The van der Waals surface area contributed by atoms with Crippen LogP contribution in [0, 0.1) is 5.82 Å². The third kappa shape index (κ3) is 3.13. The van der Waals surface area contributed by atoms with Crippen LogP contribution in [0.3, 0.4) is 0 Å². The summed E-state index contributed by atoms with van der Waals surface area (Å²) in [6.45, 7) is 1.85. The number of rotatable bonds is 4. The molecule has 3 nitrogen and oxygen atoms in total. The number of thioether (sulfide) groups is 1. The maximum absolute atomic E-state index is 12.9. The molecule has 0 aliphatic heterocycles. The summed E-state index contributed by atoms with van der Waals surface area (Å²) in [4.78, 5) is 11.6. The van der Waals surface area contributed by atoms with Gasteiger partial charge in [0.25, 0.3) is 0 Å². The first-order valence-corrected chi connectivity index (χ1v) is 5.43. The highest BCUT2D eigenvalue weighted by molar-refractivity contribution is 8.00. The van der Waals surface area contributed by atoms with E-state index in [1.54, 1.807) is 0 Å². The molecular weight excluding hydrogens is 215 g/mol. The van der Waals surface area contributed by atoms with Gasteiger partial charge in [-0.05, 0) is 24.6 Å². The Morgan fingerprint density at radius 3 is 2.80 bits per heavy atom. The van der Waals surface area contributed by atoms with Gasteiger partial charge in [0.15, 0.2) is 0 Å². The quantitative estimate of drug-likeness (QED) is 0.609. The van der Waals surface area contributed by atoms with E-state index in [9.17, 15) is 9.18 Å². The van der Waals surface area contributed by atoms with Gasteiger partial charge < -0.3 is 11.5 Å². The lowest BCUT2D eigenvalue weighted by Crippen LogP contribution is -2.24. The minimum absolute atomic E-state index is 0.367. The maximum atomic E-state index is 12.9. The van der Waals surface area contributed by atoms with Crippen molar-refractivity contribution in [2.75, 3.05) is 5.73 Å². The average Bonchev–Trinajstić information content (AvgIpc) is 2.18. The summed E-state index contributed by atoms with van der Waals surface area (Å²) in [5.41, 5.74) is 11.3. The second-order valence-electron chi connectivity index (χ2n) is 3.10. The zero-order valence-corrected chi connectivity index (χ0v) is 9.18. The van der Waals surface area contributed by atoms with Crippen molar-refractivity contribution in [3.05, 3.63) is 24.0 Å². The molecule has 0 aromatic heterocycles. The molecule has 0 saturated heterocycles. The molecule has 1 amide bonds. The van der Waals surface area contributed by atoms with Gasteiger partial charge in [0.2, 0.25) is 5.91 Å². The van der Waals surface area contributed by atoms with E-state index in [2.05, 4.69) is 0 Å². The van der Waals surface area contributed by atoms with E-state index in [1.165, 1.54) is 30.0 Å². The van der Waals surface area contributed by atoms with Gasteiger partial charge >= 0.3 is 0 Å². The third-order valence-corrected chi connectivity index (χ3v) is 3.39. The van der Waals surface area contributed by atoms with Crippen LogP contribution in [0.2, 0.25) is 0 Å². The van der Waals surface area contributed by atoms with Crippen molar-refractivity contribution in [1.82, 2.24) is 0 Å². The highest BCUT2D eigenvalue weighted by atomic mass is 32.2. The molecule has 15 heavy (non-hydrogen) atoms. The predicted molar refractivity (Wildman–Crippen MR) is 59.9 cm³/mol. The molecule has 0 radical (unpaired) electrons. The van der Waals surface area contributed by atoms with Gasteiger partial charge in [0, 0.05) is 10.6 Å². The van der Waals surface area contributed by atoms with Crippen LogP contribution >= 0.6 is 11.8 Å². The number of nitrogen functional groups attached to an aromatic ring is 1. The van der Waals surface area contributed by atoms with Crippen molar-refractivity contribution in [2.45, 2.75) is 23.5 Å². The molecule has 0 saturated carbocycles. The van der Waals surface area contributed by atoms with Crippen LogP contribution in [-0.2, 0) is 4.79 Å². The zero-order valence-electron chi connectivity index (χ0n) is 8.37. The molecule has 0 bridgehead atoms. The number of hydrogen-bond donors (Lipinski definition) is 2. The lowest BCUT2D eigenvalue weighted by Gasteiger charge is -2.11. The van der Waals surface area contributed by atoms with Crippen LogP contribution < -0.4 is 11.5 Å². The first-order chi connectivity index (χ1) is 7.04. The summed E-state index contributed by atoms with van der Waals surface area (Å²) in [6, 6.07) is 4.07. The Kier molecular flexibility index (Phi) is 3.96. The fourth-order valence-corrected chi connectivity index (χ4v) is 2.08. The second kappa shape index (κ2) is 5.02. The lowest BCUT2D eigenvalue weighted by atomic mass is 10.3. The van der Waals surface area contributed by atoms with Gasteiger partial charge in [-0.25, -0.2) is 4.39 Å². The molecule has 0 aliphatic rings. The average molecular weight is 228 g/mol. The van der Waals surface area contributed by atoms with E-state index < -0.39 is 5.91 Å². The van der Waals surface area contributed by atoms with Crippen LogP contribution in [0.4, 0.5) is 10.1 Å². The van der Waals surface area contributed by atoms with Crippen molar-refractivity contribution in [2.24, 2.45) is 5.73 Å². The summed E-state index contributed by atoms with van der Waals surface area (Å²) in [6.07, 6.45) is 0.593. The number of anilines is 1. The monoisotopic (exact) mass is 228 g/mol. The highest BCUT2D eigenvalue weighted by Crippen LogP contribution is 2.30. The molecular formula is C10H13FN2OS. The number of halogens is 1. The Morgan fingerprint density at radius 1 is 1.60 bits per heavy atom. The summed E-state index contributed by atoms with van der Waals surface area (Å²) in [5, 5.41) is -0.367. The lowest BCUT2D eigenvalue weighted by molar-refractivity contribution is -0.117. The van der Waals surface area contributed by atoms with Crippen molar-refractivity contribution in [1.29, 1.82) is 0 Å². The number of carbonyl (C=O) groups excluding carboxylic acids is 1. The molecule has 0 heterocycles. The molecule has 5 heteroatoms. The van der Waals surface area contributed by atoms with Crippen LogP contribution in [0.25, 0.3) is 0 Å². The van der Waals surface area contributed by atoms with E-state index >= 15 is 0 Å². The summed E-state index contributed by atoms with van der Waals surface area (Å²) < 4.78 is 12.9. The van der Waals surface area contributed by atoms with Gasteiger partial charge in [-0.15, -0.1) is 11.8 Å². The van der Waals surface area contributed by atoms with Crippen LogP contribution in [0.1, 0.15) is 13.3 Å². The highest BCUT2D eigenvalue weighted by Gasteiger charge is 2.16. The standard InChI is InChI=1S/C10H13FN2OS/c1-2-8(10(13)14)15-9-5-6(11)3-4-7(9)12/h3-5,8H,2,12H2,1H3,(H2,13,14). The smallest absolute Gasteiger partial charge is 0.230 e. The largest absolute Gasteiger partial charge is 0.398 e. The fourth-order valence-electron chi connectivity index (χ4n) is 1.11. The van der Waals surface area contributed by atoms with Gasteiger partial charge in [0.05, 0.1) is 5.25 Å². The van der Waals surface area contributed by atoms with Gasteiger partial charge in [0.1, 0.15) is 5.82 Å². The summed E-state index contributed by atoms with van der Waals surface area (Å²) in [5.74, 6) is -0.780. The third-order valence-electron chi connectivity index (χ3n) is 1.93. The van der Waals surface area contributed by atoms with Crippen molar-refractivity contribution in [3.8, 4) is 0 Å². The molecule has 1 aromatic carbocycles. The van der Waals surface area contributed by atoms with E-state index in [-0.39, 0.29) is 11.1 Å². The molecule has 0 fully saturated rings. The van der Waals surface area contributed by atoms with E-state index in [1.807, 2.05) is 6.92 Å². The summed E-state index contributed by atoms with van der Waals surface area (Å²) in [7, 11) is 0. The van der Waals surface area contributed by atoms with Crippen LogP contribution in [-0.4, -0.2) is 11.2 Å². The normalized spacial score (nSPS) is 12.4. The second-order valence-corrected chi connectivity index (χ2v) is 4.34. The molecule has 1 rings (SSSR count). The number of carbonyl (C=O) groups is 1. The Labute approximate surface area is 92.0 Å². The fraction of sp³-hybridized carbons (Fsp3) is 0.300. The van der Waals surface area contributed by atoms with E-state index in [0.717, 1.165) is 0 Å². The molecule has 1 aromatic rings. The van der Waals surface area contributed by atoms with Crippen molar-refractivity contribution < 1.29 is 9.18 Å². The Morgan fingerprint density at radius 2 is 2.27 bits per heavy atom. The Balaban J connectivity index is 2.87. The minimum Gasteiger partial charge on any atom is -0.398 e. The van der Waals surface area contributed by atoms with Crippen molar-refractivity contribution >= 4 is 23.4 Å². The van der Waals surface area contributed by atoms with E-state index in [4.69, 9.17) is 11.5 Å². The van der Waals surface area contributed by atoms with Gasteiger partial charge in [-0.2, -0.15) is 0 Å². The number of hydrogen-bond acceptors (Lipinski definition) is 3. The van der Waals surface area contributed by atoms with E-state index in [0.29, 0.717) is 17.0 Å². The number of nitrogens with two attached hydrogens (primary N) is 2. The molecule has 4 N–H and O–H groups in total. The number of primary amides is 1. The number of benzene rings is 1. The van der Waals surface area contributed by atoms with Crippen LogP contribution in [0.5, 0.6) is 0 Å². The first kappa shape index (κ1) is 11.8. The summed E-state index contributed by atoms with van der Waals surface area (Å²) >= 11 is 1.20. The zero-order chi connectivity index (χ0) is 11.4. The molecule has 0 spiro atoms. The first-order valence-electron chi connectivity index (χ1n) is 4.55.